The summed E-state index contributed by atoms with van der Waals surface area (Å²) in [5, 5.41) is 11.8. The van der Waals surface area contributed by atoms with Crippen molar-refractivity contribution in [3.05, 3.63) is 29.8 Å². The van der Waals surface area contributed by atoms with E-state index in [1.807, 2.05) is 0 Å². The van der Waals surface area contributed by atoms with Crippen LogP contribution >= 0.6 is 0 Å². The Morgan fingerprint density at radius 2 is 2.11 bits per heavy atom. The summed E-state index contributed by atoms with van der Waals surface area (Å²) in [6.45, 7) is -2.42. The molecule has 7 heteroatoms. The van der Waals surface area contributed by atoms with Gasteiger partial charge in [0.25, 0.3) is 0 Å². The molecule has 0 aliphatic heterocycles. The first-order valence-corrected chi connectivity index (χ1v) is 5.55. The van der Waals surface area contributed by atoms with Crippen molar-refractivity contribution in [1.82, 2.24) is 5.32 Å². The van der Waals surface area contributed by atoms with Crippen molar-refractivity contribution in [3.63, 3.8) is 0 Å². The van der Waals surface area contributed by atoms with Gasteiger partial charge in [0.15, 0.2) is 0 Å². The molecule has 0 aliphatic rings. The third-order valence-corrected chi connectivity index (χ3v) is 2.35. The lowest BCUT2D eigenvalue weighted by Crippen LogP contribution is -2.31. The molecule has 2 N–H and O–H groups in total. The predicted molar refractivity (Wildman–Crippen MR) is 63.3 cm³/mol. The SMILES string of the molecule is COCCNC(C(=O)O)c1ccccc1OC(F)F. The molecular weight excluding hydrogens is 260 g/mol. The van der Waals surface area contributed by atoms with Gasteiger partial charge in [-0.15, -0.1) is 0 Å². The second kappa shape index (κ2) is 7.65. The number of alkyl halides is 2. The van der Waals surface area contributed by atoms with Crippen LogP contribution in [-0.2, 0) is 9.53 Å². The molecule has 1 rings (SSSR count). The Morgan fingerprint density at radius 3 is 2.68 bits per heavy atom. The van der Waals surface area contributed by atoms with Gasteiger partial charge in [0.2, 0.25) is 0 Å². The number of nitrogens with one attached hydrogen (secondary N) is 1. The maximum atomic E-state index is 12.3. The molecule has 0 radical (unpaired) electrons. The van der Waals surface area contributed by atoms with Crippen molar-refractivity contribution in [2.45, 2.75) is 12.7 Å². The van der Waals surface area contributed by atoms with Gasteiger partial charge in [-0.25, -0.2) is 0 Å². The van der Waals surface area contributed by atoms with Crippen molar-refractivity contribution in [3.8, 4) is 5.75 Å². The van der Waals surface area contributed by atoms with E-state index in [9.17, 15) is 13.6 Å². The highest BCUT2D eigenvalue weighted by Gasteiger charge is 2.23. The lowest BCUT2D eigenvalue weighted by Gasteiger charge is -2.18. The fraction of sp³-hybridized carbons (Fsp3) is 0.417. The number of benzene rings is 1. The van der Waals surface area contributed by atoms with Crippen LogP contribution in [0.25, 0.3) is 0 Å². The van der Waals surface area contributed by atoms with Crippen LogP contribution in [-0.4, -0.2) is 37.9 Å². The second-order valence-electron chi connectivity index (χ2n) is 3.63. The summed E-state index contributed by atoms with van der Waals surface area (Å²) >= 11 is 0. The lowest BCUT2D eigenvalue weighted by atomic mass is 10.1. The molecule has 0 fully saturated rings. The van der Waals surface area contributed by atoms with Gasteiger partial charge in [-0.1, -0.05) is 18.2 Å². The molecule has 0 amide bonds. The summed E-state index contributed by atoms with van der Waals surface area (Å²) in [5.41, 5.74) is 0.145. The average Bonchev–Trinajstić information content (AvgIpc) is 2.35. The molecule has 5 nitrogen and oxygen atoms in total. The van der Waals surface area contributed by atoms with E-state index in [0.717, 1.165) is 0 Å². The number of aliphatic carboxylic acids is 1. The van der Waals surface area contributed by atoms with Crippen molar-refractivity contribution in [1.29, 1.82) is 0 Å². The fourth-order valence-electron chi connectivity index (χ4n) is 1.56. The molecule has 1 unspecified atom stereocenters. The largest absolute Gasteiger partial charge is 0.480 e. The van der Waals surface area contributed by atoms with Gasteiger partial charge >= 0.3 is 12.6 Å². The number of para-hydroxylation sites is 1. The summed E-state index contributed by atoms with van der Waals surface area (Å²) in [7, 11) is 1.48. The quantitative estimate of drug-likeness (QED) is 0.706. The van der Waals surface area contributed by atoms with E-state index in [-0.39, 0.29) is 17.9 Å². The monoisotopic (exact) mass is 275 g/mol. The first kappa shape index (κ1) is 15.3. The Hall–Kier alpha value is -1.73. The minimum Gasteiger partial charge on any atom is -0.480 e. The number of halogens is 2. The Bertz CT molecular complexity index is 414. The first-order valence-electron chi connectivity index (χ1n) is 5.55. The molecule has 19 heavy (non-hydrogen) atoms. The van der Waals surface area contributed by atoms with Crippen LogP contribution in [0.3, 0.4) is 0 Å². The number of hydrogen-bond donors (Lipinski definition) is 2. The normalized spacial score (nSPS) is 12.4. The van der Waals surface area contributed by atoms with Crippen LogP contribution in [0, 0.1) is 0 Å². The number of rotatable bonds is 8. The van der Waals surface area contributed by atoms with Gasteiger partial charge < -0.3 is 14.6 Å². The number of carbonyl (C=O) groups is 1. The number of methoxy groups -OCH3 is 1. The molecule has 0 heterocycles. The smallest absolute Gasteiger partial charge is 0.387 e. The topological polar surface area (TPSA) is 67.8 Å². The molecule has 1 aromatic carbocycles. The van der Waals surface area contributed by atoms with Gasteiger partial charge in [0, 0.05) is 19.2 Å². The number of ether oxygens (including phenoxy) is 2. The molecule has 0 saturated heterocycles. The molecule has 0 spiro atoms. The molecular formula is C12H15F2NO4. The molecule has 1 atom stereocenters. The van der Waals surface area contributed by atoms with Crippen LogP contribution in [0.15, 0.2) is 24.3 Å². The van der Waals surface area contributed by atoms with Gasteiger partial charge in [0.1, 0.15) is 11.8 Å². The van der Waals surface area contributed by atoms with E-state index in [1.165, 1.54) is 25.3 Å². The zero-order chi connectivity index (χ0) is 14.3. The van der Waals surface area contributed by atoms with E-state index in [2.05, 4.69) is 10.1 Å². The van der Waals surface area contributed by atoms with Crippen LogP contribution in [0.2, 0.25) is 0 Å². The number of carboxylic acids is 1. The Kier molecular flexibility index (Phi) is 6.17. The maximum Gasteiger partial charge on any atom is 0.387 e. The number of carboxylic acid groups (broad SMARTS) is 1. The van der Waals surface area contributed by atoms with Crippen molar-refractivity contribution >= 4 is 5.97 Å². The summed E-state index contributed by atoms with van der Waals surface area (Å²) in [5.74, 6) is -1.34. The van der Waals surface area contributed by atoms with Gasteiger partial charge in [-0.2, -0.15) is 8.78 Å². The Balaban J connectivity index is 2.91. The lowest BCUT2D eigenvalue weighted by molar-refractivity contribution is -0.139. The Morgan fingerprint density at radius 1 is 1.42 bits per heavy atom. The summed E-state index contributed by atoms with van der Waals surface area (Å²) in [4.78, 5) is 11.2. The maximum absolute atomic E-state index is 12.3. The third-order valence-electron chi connectivity index (χ3n) is 2.35. The number of hydrogen-bond acceptors (Lipinski definition) is 4. The van der Waals surface area contributed by atoms with E-state index >= 15 is 0 Å². The zero-order valence-corrected chi connectivity index (χ0v) is 10.3. The minimum atomic E-state index is -3.01. The van der Waals surface area contributed by atoms with Crippen molar-refractivity contribution in [2.75, 3.05) is 20.3 Å². The highest BCUT2D eigenvalue weighted by molar-refractivity contribution is 5.76. The van der Waals surface area contributed by atoms with Gasteiger partial charge in [0.05, 0.1) is 6.61 Å². The van der Waals surface area contributed by atoms with Gasteiger partial charge in [-0.05, 0) is 6.07 Å². The van der Waals surface area contributed by atoms with Crippen LogP contribution in [0.4, 0.5) is 8.78 Å². The van der Waals surface area contributed by atoms with E-state index in [1.54, 1.807) is 6.07 Å². The van der Waals surface area contributed by atoms with Crippen LogP contribution in [0.1, 0.15) is 11.6 Å². The van der Waals surface area contributed by atoms with E-state index in [4.69, 9.17) is 9.84 Å². The molecule has 1 aromatic rings. The van der Waals surface area contributed by atoms with E-state index in [0.29, 0.717) is 6.61 Å². The van der Waals surface area contributed by atoms with Gasteiger partial charge in [-0.3, -0.25) is 10.1 Å². The van der Waals surface area contributed by atoms with Crippen LogP contribution < -0.4 is 10.1 Å². The standard InChI is InChI=1S/C12H15F2NO4/c1-18-7-6-15-10(11(16)17)8-4-2-3-5-9(8)19-12(13)14/h2-5,10,12,15H,6-7H2,1H3,(H,16,17). The summed E-state index contributed by atoms with van der Waals surface area (Å²) < 4.78 is 33.6. The Labute approximate surface area is 109 Å². The highest BCUT2D eigenvalue weighted by atomic mass is 19.3. The highest BCUT2D eigenvalue weighted by Crippen LogP contribution is 2.26. The average molecular weight is 275 g/mol. The van der Waals surface area contributed by atoms with E-state index < -0.39 is 18.6 Å². The predicted octanol–water partition coefficient (Wildman–Crippen LogP) is 1.65. The minimum absolute atomic E-state index is 0.145. The summed E-state index contributed by atoms with van der Waals surface area (Å²) in [6.07, 6.45) is 0. The fourth-order valence-corrected chi connectivity index (χ4v) is 1.56. The summed E-state index contributed by atoms with van der Waals surface area (Å²) in [6, 6.07) is 4.65. The molecule has 0 saturated carbocycles. The molecule has 106 valence electrons. The second-order valence-corrected chi connectivity index (χ2v) is 3.63. The van der Waals surface area contributed by atoms with Crippen molar-refractivity contribution in [2.24, 2.45) is 0 Å². The molecule has 0 aromatic heterocycles. The van der Waals surface area contributed by atoms with Crippen LogP contribution in [0.5, 0.6) is 5.75 Å². The van der Waals surface area contributed by atoms with Crippen molar-refractivity contribution < 1.29 is 28.2 Å². The zero-order valence-electron chi connectivity index (χ0n) is 10.3. The first-order chi connectivity index (χ1) is 9.06. The molecule has 0 bridgehead atoms. The third kappa shape index (κ3) is 4.80. The molecule has 0 aliphatic carbocycles.